The zero-order valence-corrected chi connectivity index (χ0v) is 14.2. The van der Waals surface area contributed by atoms with Crippen molar-refractivity contribution in [3.05, 3.63) is 29.8 Å². The molecule has 1 aromatic rings. The van der Waals surface area contributed by atoms with Crippen molar-refractivity contribution in [1.29, 1.82) is 5.26 Å². The van der Waals surface area contributed by atoms with Gasteiger partial charge in [-0.3, -0.25) is 14.5 Å². The van der Waals surface area contributed by atoms with Gasteiger partial charge in [0.25, 0.3) is 0 Å². The van der Waals surface area contributed by atoms with Gasteiger partial charge in [0.2, 0.25) is 0 Å². The molecule has 0 spiro atoms. The highest BCUT2D eigenvalue weighted by Gasteiger charge is 2.26. The molecule has 1 fully saturated rings. The molecule has 0 aromatic heterocycles. The Morgan fingerprint density at radius 1 is 1.21 bits per heavy atom. The summed E-state index contributed by atoms with van der Waals surface area (Å²) in [6, 6.07) is 8.83. The molecule has 2 amide bonds. The SMILES string of the molecule is CC(C)[C@H](CNC(=O)C(=O)Nc1ccccc1C#N)N1CCCC1. The van der Waals surface area contributed by atoms with E-state index in [1.807, 2.05) is 6.07 Å². The smallest absolute Gasteiger partial charge is 0.313 e. The minimum atomic E-state index is -0.748. The van der Waals surface area contributed by atoms with Gasteiger partial charge < -0.3 is 10.6 Å². The maximum atomic E-state index is 12.1. The number of nitriles is 1. The Balaban J connectivity index is 1.91. The first-order valence-corrected chi connectivity index (χ1v) is 8.35. The lowest BCUT2D eigenvalue weighted by atomic mass is 10.0. The van der Waals surface area contributed by atoms with Crippen molar-refractivity contribution >= 4 is 17.5 Å². The van der Waals surface area contributed by atoms with E-state index in [2.05, 4.69) is 29.4 Å². The molecule has 2 rings (SSSR count). The Morgan fingerprint density at radius 2 is 1.88 bits per heavy atom. The fraction of sp³-hybridized carbons (Fsp3) is 0.500. The van der Waals surface area contributed by atoms with Crippen LogP contribution in [0.15, 0.2) is 24.3 Å². The summed E-state index contributed by atoms with van der Waals surface area (Å²) in [6.45, 7) is 6.78. The third-order valence-corrected chi connectivity index (χ3v) is 4.35. The lowest BCUT2D eigenvalue weighted by molar-refractivity contribution is -0.136. The van der Waals surface area contributed by atoms with Crippen LogP contribution >= 0.6 is 0 Å². The topological polar surface area (TPSA) is 85.2 Å². The van der Waals surface area contributed by atoms with E-state index in [0.717, 1.165) is 13.1 Å². The minimum absolute atomic E-state index is 0.232. The number of carbonyl (C=O) groups excluding carboxylic acids is 2. The predicted molar refractivity (Wildman–Crippen MR) is 92.2 cm³/mol. The van der Waals surface area contributed by atoms with Crippen LogP contribution in [-0.2, 0) is 9.59 Å². The Kier molecular flexibility index (Phi) is 6.33. The lowest BCUT2D eigenvalue weighted by Crippen LogP contribution is -2.47. The molecule has 2 N–H and O–H groups in total. The van der Waals surface area contributed by atoms with Crippen molar-refractivity contribution in [2.24, 2.45) is 5.92 Å². The molecule has 1 saturated heterocycles. The summed E-state index contributed by atoms with van der Waals surface area (Å²) in [5, 5.41) is 14.2. The van der Waals surface area contributed by atoms with Crippen LogP contribution in [-0.4, -0.2) is 42.4 Å². The van der Waals surface area contributed by atoms with Gasteiger partial charge in [0.1, 0.15) is 6.07 Å². The Hall–Kier alpha value is -2.39. The second-order valence-corrected chi connectivity index (χ2v) is 6.38. The molecule has 1 atom stereocenters. The molecule has 1 aliphatic heterocycles. The van der Waals surface area contributed by atoms with Gasteiger partial charge in [-0.25, -0.2) is 0 Å². The number of nitrogens with zero attached hydrogens (tertiary/aromatic N) is 2. The summed E-state index contributed by atoms with van der Waals surface area (Å²) in [5.74, 6) is -1.03. The summed E-state index contributed by atoms with van der Waals surface area (Å²) >= 11 is 0. The van der Waals surface area contributed by atoms with Crippen LogP contribution in [0.25, 0.3) is 0 Å². The van der Waals surface area contributed by atoms with Crippen molar-refractivity contribution in [2.75, 3.05) is 25.0 Å². The Morgan fingerprint density at radius 3 is 2.50 bits per heavy atom. The van der Waals surface area contributed by atoms with Gasteiger partial charge >= 0.3 is 11.8 Å². The van der Waals surface area contributed by atoms with E-state index in [0.29, 0.717) is 23.7 Å². The molecule has 0 bridgehead atoms. The summed E-state index contributed by atoms with van der Waals surface area (Å²) < 4.78 is 0. The molecule has 1 heterocycles. The maximum absolute atomic E-state index is 12.1. The van der Waals surface area contributed by atoms with Crippen molar-refractivity contribution in [3.8, 4) is 6.07 Å². The minimum Gasteiger partial charge on any atom is -0.346 e. The number of anilines is 1. The molecule has 6 heteroatoms. The number of likely N-dealkylation sites (tertiary alicyclic amines) is 1. The van der Waals surface area contributed by atoms with Gasteiger partial charge in [-0.1, -0.05) is 26.0 Å². The lowest BCUT2D eigenvalue weighted by Gasteiger charge is -2.30. The van der Waals surface area contributed by atoms with Crippen LogP contribution < -0.4 is 10.6 Å². The van der Waals surface area contributed by atoms with Gasteiger partial charge in [-0.2, -0.15) is 5.26 Å². The molecule has 6 nitrogen and oxygen atoms in total. The monoisotopic (exact) mass is 328 g/mol. The number of hydrogen-bond acceptors (Lipinski definition) is 4. The van der Waals surface area contributed by atoms with Gasteiger partial charge in [0.05, 0.1) is 11.3 Å². The first-order valence-electron chi connectivity index (χ1n) is 8.35. The molecule has 0 radical (unpaired) electrons. The summed E-state index contributed by atoms with van der Waals surface area (Å²) in [7, 11) is 0. The number of rotatable bonds is 5. The molecule has 0 aliphatic carbocycles. The number of para-hydroxylation sites is 1. The highest BCUT2D eigenvalue weighted by molar-refractivity contribution is 6.39. The highest BCUT2D eigenvalue weighted by Crippen LogP contribution is 2.17. The molecule has 1 aromatic carbocycles. The van der Waals surface area contributed by atoms with Crippen molar-refractivity contribution < 1.29 is 9.59 Å². The standard InChI is InChI=1S/C18H24N4O2/c1-13(2)16(22-9-5-6-10-22)12-20-17(23)18(24)21-15-8-4-3-7-14(15)11-19/h3-4,7-8,13,16H,5-6,9-10,12H2,1-2H3,(H,20,23)(H,21,24)/t16-/m0/s1. The first-order chi connectivity index (χ1) is 11.5. The van der Waals surface area contributed by atoms with E-state index in [-0.39, 0.29) is 6.04 Å². The first kappa shape index (κ1) is 18.0. The second kappa shape index (κ2) is 8.46. The van der Waals surface area contributed by atoms with Gasteiger partial charge in [0, 0.05) is 12.6 Å². The number of benzene rings is 1. The zero-order valence-electron chi connectivity index (χ0n) is 14.2. The normalized spacial score (nSPS) is 15.8. The number of nitrogens with one attached hydrogen (secondary N) is 2. The molecule has 0 unspecified atom stereocenters. The Bertz CT molecular complexity index is 630. The van der Waals surface area contributed by atoms with Gasteiger partial charge in [-0.15, -0.1) is 0 Å². The van der Waals surface area contributed by atoms with E-state index in [4.69, 9.17) is 5.26 Å². The quantitative estimate of drug-likeness (QED) is 0.806. The predicted octanol–water partition coefficient (Wildman–Crippen LogP) is 1.73. The average molecular weight is 328 g/mol. The van der Waals surface area contributed by atoms with Crippen LogP contribution in [0.4, 0.5) is 5.69 Å². The molecular formula is C18H24N4O2. The summed E-state index contributed by atoms with van der Waals surface area (Å²) in [5.41, 5.74) is 0.677. The zero-order chi connectivity index (χ0) is 17.5. The van der Waals surface area contributed by atoms with Crippen LogP contribution in [0.3, 0.4) is 0 Å². The van der Waals surface area contributed by atoms with E-state index in [1.54, 1.807) is 24.3 Å². The molecule has 24 heavy (non-hydrogen) atoms. The van der Waals surface area contributed by atoms with E-state index in [1.165, 1.54) is 12.8 Å². The fourth-order valence-corrected chi connectivity index (χ4v) is 3.01. The molecule has 1 aliphatic rings. The van der Waals surface area contributed by atoms with Crippen molar-refractivity contribution in [1.82, 2.24) is 10.2 Å². The summed E-state index contributed by atoms with van der Waals surface area (Å²) in [6.07, 6.45) is 2.37. The van der Waals surface area contributed by atoms with Crippen molar-refractivity contribution in [3.63, 3.8) is 0 Å². The largest absolute Gasteiger partial charge is 0.346 e. The second-order valence-electron chi connectivity index (χ2n) is 6.38. The van der Waals surface area contributed by atoms with Crippen LogP contribution in [0.1, 0.15) is 32.3 Å². The third kappa shape index (κ3) is 4.56. The third-order valence-electron chi connectivity index (χ3n) is 4.35. The van der Waals surface area contributed by atoms with E-state index in [9.17, 15) is 9.59 Å². The van der Waals surface area contributed by atoms with Crippen LogP contribution in [0.5, 0.6) is 0 Å². The number of hydrogen-bond donors (Lipinski definition) is 2. The van der Waals surface area contributed by atoms with Gasteiger partial charge in [0.15, 0.2) is 0 Å². The maximum Gasteiger partial charge on any atom is 0.313 e. The van der Waals surface area contributed by atoms with Crippen LogP contribution in [0.2, 0.25) is 0 Å². The van der Waals surface area contributed by atoms with E-state index < -0.39 is 11.8 Å². The highest BCUT2D eigenvalue weighted by atomic mass is 16.2. The number of amides is 2. The number of carbonyl (C=O) groups is 2. The molecular weight excluding hydrogens is 304 g/mol. The van der Waals surface area contributed by atoms with E-state index >= 15 is 0 Å². The summed E-state index contributed by atoms with van der Waals surface area (Å²) in [4.78, 5) is 26.5. The fourth-order valence-electron chi connectivity index (χ4n) is 3.01. The van der Waals surface area contributed by atoms with Crippen molar-refractivity contribution in [2.45, 2.75) is 32.7 Å². The molecule has 128 valence electrons. The van der Waals surface area contributed by atoms with Crippen LogP contribution in [0, 0.1) is 17.2 Å². The molecule has 0 saturated carbocycles. The van der Waals surface area contributed by atoms with Gasteiger partial charge in [-0.05, 0) is 44.0 Å². The average Bonchev–Trinajstić information content (AvgIpc) is 3.09. The Labute approximate surface area is 142 Å².